The largest absolute Gasteiger partial charge is 0.379 e. The van der Waals surface area contributed by atoms with E-state index in [4.69, 9.17) is 15.2 Å². The van der Waals surface area contributed by atoms with Crippen LogP contribution >= 0.6 is 0 Å². The highest BCUT2D eigenvalue weighted by Crippen LogP contribution is 2.14. The van der Waals surface area contributed by atoms with Gasteiger partial charge in [-0.15, -0.1) is 0 Å². The first-order valence-electron chi connectivity index (χ1n) is 6.69. The molecule has 0 aliphatic rings. The van der Waals surface area contributed by atoms with Crippen molar-refractivity contribution in [3.8, 4) is 0 Å². The van der Waals surface area contributed by atoms with Gasteiger partial charge in [-0.3, -0.25) is 4.79 Å². The maximum Gasteiger partial charge on any atom is 0.250 e. The van der Waals surface area contributed by atoms with Crippen LogP contribution in [0.5, 0.6) is 0 Å². The molecule has 0 saturated carbocycles. The maximum atomic E-state index is 11.8. The van der Waals surface area contributed by atoms with Crippen molar-refractivity contribution in [1.29, 1.82) is 0 Å². The van der Waals surface area contributed by atoms with Crippen molar-refractivity contribution >= 4 is 11.6 Å². The van der Waals surface area contributed by atoms with Gasteiger partial charge in [-0.2, -0.15) is 0 Å². The van der Waals surface area contributed by atoms with Gasteiger partial charge in [-0.05, 0) is 31.9 Å². The van der Waals surface area contributed by atoms with E-state index < -0.39 is 0 Å². The van der Waals surface area contributed by atoms with Crippen LogP contribution in [0.1, 0.15) is 25.8 Å². The fraction of sp³-hybridized carbons (Fsp3) is 0.533. The van der Waals surface area contributed by atoms with Gasteiger partial charge >= 0.3 is 0 Å². The highest BCUT2D eigenvalue weighted by atomic mass is 16.5. The fourth-order valence-electron chi connectivity index (χ4n) is 1.59. The summed E-state index contributed by atoms with van der Waals surface area (Å²) in [5, 5.41) is 2.80. The van der Waals surface area contributed by atoms with Gasteiger partial charge in [0.2, 0.25) is 5.91 Å². The number of nitrogens with two attached hydrogens (primary N) is 1. The normalized spacial score (nSPS) is 11.4. The molecule has 1 amide bonds. The number of hydrogen-bond acceptors (Lipinski definition) is 4. The average Bonchev–Trinajstić information content (AvgIpc) is 2.44. The molecule has 5 nitrogen and oxygen atoms in total. The molecule has 0 saturated heterocycles. The number of benzene rings is 1. The van der Waals surface area contributed by atoms with Gasteiger partial charge < -0.3 is 20.5 Å². The van der Waals surface area contributed by atoms with E-state index in [9.17, 15) is 4.79 Å². The zero-order valence-corrected chi connectivity index (χ0v) is 12.4. The maximum absolute atomic E-state index is 11.8. The van der Waals surface area contributed by atoms with E-state index in [0.717, 1.165) is 17.7 Å². The first-order valence-corrected chi connectivity index (χ1v) is 6.69. The number of carbonyl (C=O) groups is 1. The Morgan fingerprint density at radius 2 is 2.05 bits per heavy atom. The Hall–Kier alpha value is -1.43. The first-order chi connectivity index (χ1) is 9.48. The summed E-state index contributed by atoms with van der Waals surface area (Å²) in [5.41, 5.74) is 7.02. The molecule has 0 unspecified atom stereocenters. The fourth-order valence-corrected chi connectivity index (χ4v) is 1.59. The van der Waals surface area contributed by atoms with Crippen LogP contribution in [0.15, 0.2) is 24.3 Å². The molecule has 0 aliphatic carbocycles. The lowest BCUT2D eigenvalue weighted by Gasteiger charge is -2.22. The van der Waals surface area contributed by atoms with Crippen molar-refractivity contribution in [1.82, 2.24) is 0 Å². The van der Waals surface area contributed by atoms with Crippen molar-refractivity contribution in [2.75, 3.05) is 25.6 Å². The van der Waals surface area contributed by atoms with Crippen molar-refractivity contribution in [2.45, 2.75) is 32.4 Å². The molecule has 1 aromatic rings. The highest BCUT2D eigenvalue weighted by molar-refractivity contribution is 5.92. The summed E-state index contributed by atoms with van der Waals surface area (Å²) in [6.07, 6.45) is 0.732. The van der Waals surface area contributed by atoms with Crippen molar-refractivity contribution in [3.05, 3.63) is 29.8 Å². The van der Waals surface area contributed by atoms with E-state index in [1.54, 1.807) is 7.11 Å². The zero-order valence-electron chi connectivity index (χ0n) is 12.4. The summed E-state index contributed by atoms with van der Waals surface area (Å²) in [4.78, 5) is 11.8. The summed E-state index contributed by atoms with van der Waals surface area (Å²) in [7, 11) is 1.66. The number of rotatable bonds is 8. The third-order valence-corrected chi connectivity index (χ3v) is 3.15. The molecule has 1 aromatic carbocycles. The molecule has 0 radical (unpaired) electrons. The molecule has 0 atom stereocenters. The van der Waals surface area contributed by atoms with Gasteiger partial charge in [0.1, 0.15) is 6.61 Å². The van der Waals surface area contributed by atoms with Crippen LogP contribution in [-0.2, 0) is 20.8 Å². The number of hydrogen-bond donors (Lipinski definition) is 2. The zero-order chi connectivity index (χ0) is 15.0. The minimum atomic E-state index is -0.234. The van der Waals surface area contributed by atoms with Crippen LogP contribution in [0.25, 0.3) is 0 Å². The number of carbonyl (C=O) groups excluding carboxylic acids is 1. The molecule has 5 heteroatoms. The summed E-state index contributed by atoms with van der Waals surface area (Å²) in [6, 6.07) is 7.46. The lowest BCUT2D eigenvalue weighted by molar-refractivity contribution is -0.121. The SMILES string of the molecule is COC(C)(C)CCOCC(=O)Nc1ccccc1CN. The quantitative estimate of drug-likeness (QED) is 0.713. The Morgan fingerprint density at radius 1 is 1.35 bits per heavy atom. The number of ether oxygens (including phenoxy) is 2. The Labute approximate surface area is 120 Å². The second-order valence-corrected chi connectivity index (χ2v) is 5.18. The molecule has 0 bridgehead atoms. The smallest absolute Gasteiger partial charge is 0.250 e. The topological polar surface area (TPSA) is 73.6 Å². The molecule has 0 aromatic heterocycles. The Morgan fingerprint density at radius 3 is 2.70 bits per heavy atom. The number of para-hydroxylation sites is 1. The first kappa shape index (κ1) is 16.6. The molecular weight excluding hydrogens is 256 g/mol. The van der Waals surface area contributed by atoms with Gasteiger partial charge in [-0.1, -0.05) is 18.2 Å². The van der Waals surface area contributed by atoms with Gasteiger partial charge in [0.05, 0.1) is 5.60 Å². The Balaban J connectivity index is 2.34. The van der Waals surface area contributed by atoms with Crippen molar-refractivity contribution in [2.24, 2.45) is 5.73 Å². The molecular formula is C15H24N2O3. The lowest BCUT2D eigenvalue weighted by atomic mass is 10.1. The van der Waals surface area contributed by atoms with E-state index in [0.29, 0.717) is 13.2 Å². The predicted octanol–water partition coefficient (Wildman–Crippen LogP) is 1.92. The summed E-state index contributed by atoms with van der Waals surface area (Å²) < 4.78 is 10.6. The van der Waals surface area contributed by atoms with E-state index in [-0.39, 0.29) is 18.1 Å². The number of nitrogens with one attached hydrogen (secondary N) is 1. The van der Waals surface area contributed by atoms with Crippen LogP contribution < -0.4 is 11.1 Å². The second-order valence-electron chi connectivity index (χ2n) is 5.18. The number of anilines is 1. The molecule has 3 N–H and O–H groups in total. The number of amides is 1. The van der Waals surface area contributed by atoms with Crippen LogP contribution in [0.2, 0.25) is 0 Å². The third kappa shape index (κ3) is 5.69. The standard InChI is InChI=1S/C15H24N2O3/c1-15(2,19-3)8-9-20-11-14(18)17-13-7-5-4-6-12(13)10-16/h4-7H,8-11,16H2,1-3H3,(H,17,18). The highest BCUT2D eigenvalue weighted by Gasteiger charge is 2.16. The van der Waals surface area contributed by atoms with E-state index in [1.165, 1.54) is 0 Å². The second kappa shape index (κ2) is 7.99. The molecule has 0 heterocycles. The molecule has 20 heavy (non-hydrogen) atoms. The number of methoxy groups -OCH3 is 1. The van der Waals surface area contributed by atoms with Gasteiger partial charge in [0.15, 0.2) is 0 Å². The third-order valence-electron chi connectivity index (χ3n) is 3.15. The molecule has 0 aliphatic heterocycles. The minimum absolute atomic E-state index is 0.0265. The lowest BCUT2D eigenvalue weighted by Crippen LogP contribution is -2.26. The van der Waals surface area contributed by atoms with Crippen LogP contribution in [-0.4, -0.2) is 31.8 Å². The minimum Gasteiger partial charge on any atom is -0.379 e. The average molecular weight is 280 g/mol. The monoisotopic (exact) mass is 280 g/mol. The van der Waals surface area contributed by atoms with Crippen molar-refractivity contribution < 1.29 is 14.3 Å². The summed E-state index contributed by atoms with van der Waals surface area (Å²) in [6.45, 7) is 4.85. The van der Waals surface area contributed by atoms with Gasteiger partial charge in [-0.25, -0.2) is 0 Å². The summed E-state index contributed by atoms with van der Waals surface area (Å²) >= 11 is 0. The summed E-state index contributed by atoms with van der Waals surface area (Å²) in [5.74, 6) is -0.180. The van der Waals surface area contributed by atoms with Gasteiger partial charge in [0.25, 0.3) is 0 Å². The molecule has 112 valence electrons. The van der Waals surface area contributed by atoms with Crippen LogP contribution in [0.3, 0.4) is 0 Å². The van der Waals surface area contributed by atoms with E-state index in [1.807, 2.05) is 38.1 Å². The van der Waals surface area contributed by atoms with Crippen LogP contribution in [0, 0.1) is 0 Å². The van der Waals surface area contributed by atoms with E-state index in [2.05, 4.69) is 5.32 Å². The predicted molar refractivity (Wildman–Crippen MR) is 79.5 cm³/mol. The molecule has 0 spiro atoms. The molecule has 0 fully saturated rings. The Kier molecular flexibility index (Phi) is 6.64. The van der Waals surface area contributed by atoms with Crippen LogP contribution in [0.4, 0.5) is 5.69 Å². The van der Waals surface area contributed by atoms with Crippen molar-refractivity contribution in [3.63, 3.8) is 0 Å². The Bertz CT molecular complexity index is 433. The van der Waals surface area contributed by atoms with E-state index >= 15 is 0 Å². The van der Waals surface area contributed by atoms with Gasteiger partial charge in [0, 0.05) is 25.9 Å². The molecule has 1 rings (SSSR count).